The van der Waals surface area contributed by atoms with Gasteiger partial charge in [-0.1, -0.05) is 41.4 Å². The van der Waals surface area contributed by atoms with E-state index in [1.54, 1.807) is 18.2 Å². The predicted octanol–water partition coefficient (Wildman–Crippen LogP) is 2.95. The van der Waals surface area contributed by atoms with Crippen molar-refractivity contribution in [1.82, 2.24) is 20.2 Å². The molecule has 3 aromatic rings. The van der Waals surface area contributed by atoms with E-state index in [2.05, 4.69) is 20.7 Å². The molecule has 0 bridgehead atoms. The monoisotopic (exact) mass is 357 g/mol. The summed E-state index contributed by atoms with van der Waals surface area (Å²) in [4.78, 5) is 13.4. The number of benzene rings is 2. The van der Waals surface area contributed by atoms with Crippen LogP contribution in [-0.4, -0.2) is 33.2 Å². The second-order valence-electron chi connectivity index (χ2n) is 5.41. The van der Waals surface area contributed by atoms with E-state index in [1.807, 2.05) is 31.2 Å². The lowest BCUT2D eigenvalue weighted by atomic mass is 10.1. The van der Waals surface area contributed by atoms with Crippen LogP contribution in [-0.2, 0) is 11.3 Å². The number of tetrazole rings is 1. The molecule has 1 amide bonds. The van der Waals surface area contributed by atoms with E-state index in [4.69, 9.17) is 16.3 Å². The third kappa shape index (κ3) is 4.13. The Kier molecular flexibility index (Phi) is 4.95. The Morgan fingerprint density at radius 1 is 1.24 bits per heavy atom. The molecule has 8 heteroatoms. The summed E-state index contributed by atoms with van der Waals surface area (Å²) >= 11 is 6.04. The Bertz CT molecular complexity index is 892. The van der Waals surface area contributed by atoms with Gasteiger partial charge in [0.25, 0.3) is 0 Å². The molecule has 0 radical (unpaired) electrons. The number of nitrogens with zero attached hydrogens (tertiary/aromatic N) is 4. The summed E-state index contributed by atoms with van der Waals surface area (Å²) in [6, 6.07) is 12.8. The van der Waals surface area contributed by atoms with Crippen molar-refractivity contribution < 1.29 is 9.53 Å². The standard InChI is InChI=1S/C17H16ClN5O2/c1-11-3-5-12(6-4-11)17-20-22-23(21-17)10-16(24)19-13-7-8-15(25-2)14(18)9-13/h3-9H,10H2,1-2H3,(H,19,24). The van der Waals surface area contributed by atoms with Gasteiger partial charge in [-0.25, -0.2) is 0 Å². The minimum absolute atomic E-state index is 0.0531. The molecule has 1 aromatic heterocycles. The van der Waals surface area contributed by atoms with Crippen LogP contribution in [0, 0.1) is 6.92 Å². The zero-order valence-electron chi connectivity index (χ0n) is 13.7. The number of halogens is 1. The SMILES string of the molecule is COc1ccc(NC(=O)Cn2nnc(-c3ccc(C)cc3)n2)cc1Cl. The van der Waals surface area contributed by atoms with Gasteiger partial charge in [0, 0.05) is 11.3 Å². The molecule has 0 saturated heterocycles. The van der Waals surface area contributed by atoms with Gasteiger partial charge in [-0.15, -0.1) is 10.2 Å². The fourth-order valence-corrected chi connectivity index (χ4v) is 2.46. The Labute approximate surface area is 149 Å². The van der Waals surface area contributed by atoms with E-state index in [9.17, 15) is 4.79 Å². The number of aromatic nitrogens is 4. The van der Waals surface area contributed by atoms with E-state index < -0.39 is 0 Å². The molecule has 0 spiro atoms. The summed E-state index contributed by atoms with van der Waals surface area (Å²) in [6.45, 7) is 1.95. The summed E-state index contributed by atoms with van der Waals surface area (Å²) < 4.78 is 5.08. The van der Waals surface area contributed by atoms with Crippen molar-refractivity contribution in [3.8, 4) is 17.1 Å². The lowest BCUT2D eigenvalue weighted by molar-refractivity contribution is -0.117. The van der Waals surface area contributed by atoms with Crippen LogP contribution in [0.3, 0.4) is 0 Å². The number of rotatable bonds is 5. The first kappa shape index (κ1) is 16.9. The van der Waals surface area contributed by atoms with Gasteiger partial charge in [0.05, 0.1) is 12.1 Å². The van der Waals surface area contributed by atoms with Crippen molar-refractivity contribution in [1.29, 1.82) is 0 Å². The van der Waals surface area contributed by atoms with Gasteiger partial charge >= 0.3 is 0 Å². The number of methoxy groups -OCH3 is 1. The van der Waals surface area contributed by atoms with Crippen LogP contribution in [0.4, 0.5) is 5.69 Å². The normalized spacial score (nSPS) is 10.5. The van der Waals surface area contributed by atoms with Gasteiger partial charge in [0.1, 0.15) is 12.3 Å². The Balaban J connectivity index is 1.65. The van der Waals surface area contributed by atoms with Gasteiger partial charge in [-0.3, -0.25) is 4.79 Å². The molecule has 7 nitrogen and oxygen atoms in total. The average Bonchev–Trinajstić information content (AvgIpc) is 3.04. The predicted molar refractivity (Wildman–Crippen MR) is 94.6 cm³/mol. The number of carbonyl (C=O) groups is 1. The summed E-state index contributed by atoms with van der Waals surface area (Å²) in [7, 11) is 1.53. The molecule has 0 aliphatic carbocycles. The second-order valence-corrected chi connectivity index (χ2v) is 5.81. The van der Waals surface area contributed by atoms with Crippen molar-refractivity contribution in [2.45, 2.75) is 13.5 Å². The molecule has 0 fully saturated rings. The molecule has 0 aliphatic heterocycles. The van der Waals surface area contributed by atoms with Crippen LogP contribution in [0.1, 0.15) is 5.56 Å². The van der Waals surface area contributed by atoms with E-state index in [0.29, 0.717) is 22.3 Å². The fraction of sp³-hybridized carbons (Fsp3) is 0.176. The zero-order chi connectivity index (χ0) is 17.8. The lowest BCUT2D eigenvalue weighted by Crippen LogP contribution is -2.20. The Hall–Kier alpha value is -2.93. The third-order valence-corrected chi connectivity index (χ3v) is 3.78. The summed E-state index contributed by atoms with van der Waals surface area (Å²) in [5.41, 5.74) is 2.56. The molecule has 0 saturated carbocycles. The van der Waals surface area contributed by atoms with Gasteiger partial charge < -0.3 is 10.1 Å². The van der Waals surface area contributed by atoms with Crippen molar-refractivity contribution in [3.05, 3.63) is 53.1 Å². The highest BCUT2D eigenvalue weighted by atomic mass is 35.5. The maximum Gasteiger partial charge on any atom is 0.248 e. The number of carbonyl (C=O) groups excluding carboxylic acids is 1. The zero-order valence-corrected chi connectivity index (χ0v) is 14.5. The van der Waals surface area contributed by atoms with Crippen LogP contribution >= 0.6 is 11.6 Å². The molecule has 128 valence electrons. The minimum atomic E-state index is -0.283. The smallest absolute Gasteiger partial charge is 0.248 e. The van der Waals surface area contributed by atoms with E-state index in [-0.39, 0.29) is 12.5 Å². The fourth-order valence-electron chi connectivity index (χ4n) is 2.20. The summed E-state index contributed by atoms with van der Waals surface area (Å²) in [5, 5.41) is 15.3. The van der Waals surface area contributed by atoms with Gasteiger partial charge in [-0.05, 0) is 30.3 Å². The van der Waals surface area contributed by atoms with E-state index in [1.165, 1.54) is 11.9 Å². The first-order valence-electron chi connectivity index (χ1n) is 7.53. The summed E-state index contributed by atoms with van der Waals surface area (Å²) in [5.74, 6) is 0.731. The van der Waals surface area contributed by atoms with Gasteiger partial charge in [0.2, 0.25) is 11.7 Å². The molecular formula is C17H16ClN5O2. The quantitative estimate of drug-likeness (QED) is 0.759. The first-order chi connectivity index (χ1) is 12.0. The Morgan fingerprint density at radius 2 is 2.00 bits per heavy atom. The van der Waals surface area contributed by atoms with Crippen LogP contribution < -0.4 is 10.1 Å². The molecule has 2 aromatic carbocycles. The lowest BCUT2D eigenvalue weighted by Gasteiger charge is -2.07. The van der Waals surface area contributed by atoms with E-state index in [0.717, 1.165) is 11.1 Å². The number of ether oxygens (including phenoxy) is 1. The largest absolute Gasteiger partial charge is 0.495 e. The Morgan fingerprint density at radius 3 is 2.68 bits per heavy atom. The molecule has 25 heavy (non-hydrogen) atoms. The number of nitrogens with one attached hydrogen (secondary N) is 1. The maximum atomic E-state index is 12.1. The molecule has 0 aliphatic rings. The van der Waals surface area contributed by atoms with Crippen molar-refractivity contribution in [3.63, 3.8) is 0 Å². The second kappa shape index (κ2) is 7.31. The van der Waals surface area contributed by atoms with Crippen LogP contribution in [0.15, 0.2) is 42.5 Å². The topological polar surface area (TPSA) is 81.9 Å². The van der Waals surface area contributed by atoms with Gasteiger partial charge in [-0.2, -0.15) is 4.80 Å². The maximum absolute atomic E-state index is 12.1. The first-order valence-corrected chi connectivity index (χ1v) is 7.91. The van der Waals surface area contributed by atoms with Crippen LogP contribution in [0.25, 0.3) is 11.4 Å². The molecule has 1 heterocycles. The minimum Gasteiger partial charge on any atom is -0.495 e. The van der Waals surface area contributed by atoms with Crippen molar-refractivity contribution in [2.24, 2.45) is 0 Å². The van der Waals surface area contributed by atoms with E-state index >= 15 is 0 Å². The van der Waals surface area contributed by atoms with Crippen LogP contribution in [0.5, 0.6) is 5.75 Å². The number of hydrogen-bond acceptors (Lipinski definition) is 5. The van der Waals surface area contributed by atoms with Crippen LogP contribution in [0.2, 0.25) is 5.02 Å². The molecule has 0 unspecified atom stereocenters. The molecular weight excluding hydrogens is 342 g/mol. The van der Waals surface area contributed by atoms with Crippen molar-refractivity contribution in [2.75, 3.05) is 12.4 Å². The highest BCUT2D eigenvalue weighted by Gasteiger charge is 2.10. The number of amides is 1. The van der Waals surface area contributed by atoms with Crippen molar-refractivity contribution >= 4 is 23.2 Å². The van der Waals surface area contributed by atoms with Gasteiger partial charge in [0.15, 0.2) is 0 Å². The average molecular weight is 358 g/mol. The molecule has 1 N–H and O–H groups in total. The number of anilines is 1. The molecule has 0 atom stereocenters. The third-order valence-electron chi connectivity index (χ3n) is 3.48. The number of hydrogen-bond donors (Lipinski definition) is 1. The summed E-state index contributed by atoms with van der Waals surface area (Å²) in [6.07, 6.45) is 0. The highest BCUT2D eigenvalue weighted by Crippen LogP contribution is 2.27. The molecule has 3 rings (SSSR count). The number of aryl methyl sites for hydroxylation is 1. The highest BCUT2D eigenvalue weighted by molar-refractivity contribution is 6.32.